The van der Waals surface area contributed by atoms with Crippen molar-refractivity contribution in [3.05, 3.63) is 84.0 Å². The molecule has 0 N–H and O–H groups in total. The lowest BCUT2D eigenvalue weighted by Crippen LogP contribution is -2.14. The van der Waals surface area contributed by atoms with Crippen LogP contribution in [0.25, 0.3) is 11.1 Å². The second-order valence-electron chi connectivity index (χ2n) is 8.95. The lowest BCUT2D eigenvalue weighted by Gasteiger charge is -2.30. The van der Waals surface area contributed by atoms with Crippen LogP contribution in [0.4, 0.5) is 0 Å². The van der Waals surface area contributed by atoms with E-state index in [1.165, 1.54) is 36.8 Å². The first kappa shape index (κ1) is 15.0. The molecule has 2 saturated carbocycles. The Hall–Kier alpha value is -2.08. The summed E-state index contributed by atoms with van der Waals surface area (Å²) in [5, 5.41) is 0. The Morgan fingerprint density at radius 1 is 0.577 bits per heavy atom. The topological polar surface area (TPSA) is 0 Å². The van der Waals surface area contributed by atoms with Crippen molar-refractivity contribution in [1.29, 1.82) is 0 Å². The minimum absolute atomic E-state index is 0.722. The maximum absolute atomic E-state index is 2.52. The van der Waals surface area contributed by atoms with Gasteiger partial charge in [-0.3, -0.25) is 0 Å². The molecule has 2 aromatic rings. The van der Waals surface area contributed by atoms with Crippen molar-refractivity contribution in [2.45, 2.75) is 37.5 Å². The number of hydrogen-bond donors (Lipinski definition) is 0. The summed E-state index contributed by atoms with van der Waals surface area (Å²) in [4.78, 5) is 0. The van der Waals surface area contributed by atoms with E-state index in [0.717, 1.165) is 35.5 Å². The minimum Gasteiger partial charge on any atom is -0.0851 e. The van der Waals surface area contributed by atoms with Gasteiger partial charge in [0, 0.05) is 0 Å². The zero-order chi connectivity index (χ0) is 17.1. The van der Waals surface area contributed by atoms with Crippen LogP contribution in [-0.2, 0) is 0 Å². The molecule has 6 rings (SSSR count). The third-order valence-electron chi connectivity index (χ3n) is 7.55. The largest absolute Gasteiger partial charge is 0.0851 e. The summed E-state index contributed by atoms with van der Waals surface area (Å²) in [5.41, 5.74) is 6.27. The fourth-order valence-corrected chi connectivity index (χ4v) is 6.44. The molecular formula is C26H26. The van der Waals surface area contributed by atoms with E-state index in [1.807, 2.05) is 0 Å². The maximum atomic E-state index is 2.52. The molecule has 4 aliphatic rings. The van der Waals surface area contributed by atoms with Crippen LogP contribution >= 0.6 is 0 Å². The number of allylic oxidation sites excluding steroid dienone is 4. The Labute approximate surface area is 156 Å². The summed E-state index contributed by atoms with van der Waals surface area (Å²) in [5.74, 6) is 4.66. The molecule has 6 unspecified atom stereocenters. The third kappa shape index (κ3) is 2.21. The van der Waals surface area contributed by atoms with E-state index >= 15 is 0 Å². The summed E-state index contributed by atoms with van der Waals surface area (Å²) in [6.45, 7) is 0. The van der Waals surface area contributed by atoms with Crippen molar-refractivity contribution in [3.63, 3.8) is 0 Å². The minimum atomic E-state index is 0.722. The Bertz CT molecular complexity index is 888. The molecule has 26 heavy (non-hydrogen) atoms. The monoisotopic (exact) mass is 338 g/mol. The van der Waals surface area contributed by atoms with Gasteiger partial charge in [0.1, 0.15) is 0 Å². The standard InChI is InChI=1S/C26H26/c1-2-5-19(6-3-1)22-7-4-8-23(24-15-17-9-11-20(24)13-17)26(22)25-16-18-10-12-21(25)14-18/h1-12,17-18,20-21,24-25H,13-16H2. The van der Waals surface area contributed by atoms with Gasteiger partial charge in [0.2, 0.25) is 0 Å². The van der Waals surface area contributed by atoms with Gasteiger partial charge < -0.3 is 0 Å². The van der Waals surface area contributed by atoms with E-state index in [2.05, 4.69) is 72.8 Å². The van der Waals surface area contributed by atoms with Crippen molar-refractivity contribution in [2.75, 3.05) is 0 Å². The van der Waals surface area contributed by atoms with Gasteiger partial charge in [-0.25, -0.2) is 0 Å². The van der Waals surface area contributed by atoms with Crippen LogP contribution in [0.1, 0.15) is 48.6 Å². The van der Waals surface area contributed by atoms with Gasteiger partial charge >= 0.3 is 0 Å². The van der Waals surface area contributed by atoms with Crippen LogP contribution in [0.5, 0.6) is 0 Å². The predicted octanol–water partition coefficient (Wildman–Crippen LogP) is 6.71. The molecule has 0 spiro atoms. The van der Waals surface area contributed by atoms with E-state index in [-0.39, 0.29) is 0 Å². The average molecular weight is 338 g/mol. The summed E-state index contributed by atoms with van der Waals surface area (Å²) < 4.78 is 0. The van der Waals surface area contributed by atoms with E-state index in [9.17, 15) is 0 Å². The Morgan fingerprint density at radius 2 is 1.27 bits per heavy atom. The van der Waals surface area contributed by atoms with E-state index in [0.29, 0.717) is 0 Å². The van der Waals surface area contributed by atoms with Crippen LogP contribution in [0, 0.1) is 23.7 Å². The van der Waals surface area contributed by atoms with Crippen LogP contribution < -0.4 is 0 Å². The highest BCUT2D eigenvalue weighted by molar-refractivity contribution is 5.70. The van der Waals surface area contributed by atoms with Crippen molar-refractivity contribution in [1.82, 2.24) is 0 Å². The Balaban J connectivity index is 1.52. The first-order valence-electron chi connectivity index (χ1n) is 10.4. The number of benzene rings is 2. The van der Waals surface area contributed by atoms with E-state index in [4.69, 9.17) is 0 Å². The molecule has 0 aliphatic heterocycles. The van der Waals surface area contributed by atoms with Gasteiger partial charge in [-0.2, -0.15) is 0 Å². The molecular weight excluding hydrogens is 312 g/mol. The molecule has 6 atom stereocenters. The van der Waals surface area contributed by atoms with Gasteiger partial charge in [-0.05, 0) is 83.4 Å². The van der Waals surface area contributed by atoms with Crippen LogP contribution in [0.2, 0.25) is 0 Å². The Morgan fingerprint density at radius 3 is 1.88 bits per heavy atom. The number of fused-ring (bicyclic) bond motifs is 4. The molecule has 4 aliphatic carbocycles. The molecule has 0 heterocycles. The lowest BCUT2D eigenvalue weighted by atomic mass is 9.74. The fourth-order valence-electron chi connectivity index (χ4n) is 6.44. The molecule has 0 saturated heterocycles. The molecule has 0 amide bonds. The maximum Gasteiger partial charge on any atom is -0.00842 e. The third-order valence-corrected chi connectivity index (χ3v) is 7.55. The summed E-state index contributed by atoms with van der Waals surface area (Å²) in [6, 6.07) is 18.3. The second-order valence-corrected chi connectivity index (χ2v) is 8.95. The molecule has 0 heteroatoms. The van der Waals surface area contributed by atoms with Gasteiger partial charge in [0.05, 0.1) is 0 Å². The highest BCUT2D eigenvalue weighted by atomic mass is 14.5. The van der Waals surface area contributed by atoms with Crippen molar-refractivity contribution < 1.29 is 0 Å². The zero-order valence-corrected chi connectivity index (χ0v) is 15.2. The van der Waals surface area contributed by atoms with Crippen LogP contribution in [0.15, 0.2) is 72.8 Å². The van der Waals surface area contributed by atoms with Gasteiger partial charge in [0.15, 0.2) is 0 Å². The highest BCUT2D eigenvalue weighted by Crippen LogP contribution is 2.56. The molecule has 0 nitrogen and oxygen atoms in total. The summed E-state index contributed by atoms with van der Waals surface area (Å²) in [6.07, 6.45) is 15.5. The normalized spacial score (nSPS) is 36.3. The van der Waals surface area contributed by atoms with Gasteiger partial charge in [-0.15, -0.1) is 0 Å². The number of hydrogen-bond acceptors (Lipinski definition) is 0. The average Bonchev–Trinajstić information content (AvgIpc) is 3.49. The first-order valence-corrected chi connectivity index (χ1v) is 10.4. The SMILES string of the molecule is C1=CC2CC1CC2c1cccc(-c2ccccc2)c1C1CC2C=CC1C2. The van der Waals surface area contributed by atoms with Crippen LogP contribution in [-0.4, -0.2) is 0 Å². The van der Waals surface area contributed by atoms with Crippen molar-refractivity contribution >= 4 is 0 Å². The van der Waals surface area contributed by atoms with Crippen molar-refractivity contribution in [2.24, 2.45) is 23.7 Å². The molecule has 4 bridgehead atoms. The van der Waals surface area contributed by atoms with Gasteiger partial charge in [0.25, 0.3) is 0 Å². The molecule has 130 valence electrons. The first-order chi connectivity index (χ1) is 12.9. The lowest BCUT2D eigenvalue weighted by molar-refractivity contribution is 0.543. The molecule has 2 fully saturated rings. The molecule has 0 aromatic heterocycles. The smallest absolute Gasteiger partial charge is 0.00842 e. The van der Waals surface area contributed by atoms with E-state index in [1.54, 1.807) is 11.1 Å². The van der Waals surface area contributed by atoms with Crippen LogP contribution in [0.3, 0.4) is 0 Å². The second kappa shape index (κ2) is 5.71. The zero-order valence-electron chi connectivity index (χ0n) is 15.2. The van der Waals surface area contributed by atoms with Gasteiger partial charge in [-0.1, -0.05) is 72.8 Å². The number of rotatable bonds is 3. The molecule has 2 aromatic carbocycles. The molecule has 0 radical (unpaired) electrons. The highest BCUT2D eigenvalue weighted by Gasteiger charge is 2.42. The van der Waals surface area contributed by atoms with E-state index < -0.39 is 0 Å². The quantitative estimate of drug-likeness (QED) is 0.545. The predicted molar refractivity (Wildman–Crippen MR) is 108 cm³/mol. The summed E-state index contributed by atoms with van der Waals surface area (Å²) >= 11 is 0. The van der Waals surface area contributed by atoms with Crippen molar-refractivity contribution in [3.8, 4) is 11.1 Å². The summed E-state index contributed by atoms with van der Waals surface area (Å²) in [7, 11) is 0. The Kier molecular flexibility index (Phi) is 3.30. The fraction of sp³-hybridized carbons (Fsp3) is 0.385.